The van der Waals surface area contributed by atoms with E-state index in [1.807, 2.05) is 52.8 Å². The summed E-state index contributed by atoms with van der Waals surface area (Å²) in [7, 11) is 6.67. The fraction of sp³-hybridized carbons (Fsp3) is 0.786. The minimum atomic E-state index is -1.12. The van der Waals surface area contributed by atoms with Crippen molar-refractivity contribution in [2.45, 2.75) is 140 Å². The predicted molar refractivity (Wildman–Crippen MR) is 205 cm³/mol. The van der Waals surface area contributed by atoms with E-state index in [0.29, 0.717) is 12.0 Å². The number of ketones is 1. The Balaban J connectivity index is 1.48. The van der Waals surface area contributed by atoms with Gasteiger partial charge in [0.1, 0.15) is 42.9 Å². The summed E-state index contributed by atoms with van der Waals surface area (Å²) < 4.78 is 54.7. The number of carbonyl (C=O) groups excluding carboxylic acids is 3. The van der Waals surface area contributed by atoms with Crippen molar-refractivity contribution in [3.63, 3.8) is 0 Å². The number of methoxy groups -OCH3 is 2. The highest BCUT2D eigenvalue weighted by Crippen LogP contribution is 2.42. The zero-order valence-corrected chi connectivity index (χ0v) is 34.9. The SMILES string of the molecule is C=C1CO[C@@H]2CC(=O)O[C@H](CC)[C@@H](CO[C@@H]3OC(C)[C@@H](O)[C@H](OC)C3OC)/C=C(C)/C=C/C(=O)[C@H](C)C[C@H](C(C=O)C1)[C@H](O[C@@H]1OC3O[C@H]3C(N(C)C)C1O)[C@H]2C. The molecule has 2 bridgehead atoms. The van der Waals surface area contributed by atoms with E-state index in [1.165, 1.54) is 20.3 Å². The van der Waals surface area contributed by atoms with Crippen LogP contribution < -0.4 is 0 Å². The summed E-state index contributed by atoms with van der Waals surface area (Å²) in [5.74, 6) is -3.35. The zero-order valence-electron chi connectivity index (χ0n) is 34.9. The summed E-state index contributed by atoms with van der Waals surface area (Å²) in [5, 5.41) is 22.2. The number of cyclic esters (lactones) is 1. The van der Waals surface area contributed by atoms with Crippen molar-refractivity contribution in [3.8, 4) is 0 Å². The normalized spacial score (nSPS) is 45.2. The molecule has 322 valence electrons. The molecule has 57 heavy (non-hydrogen) atoms. The molecule has 5 aliphatic rings. The second kappa shape index (κ2) is 20.2. The molecular weight excluding hydrogens is 742 g/mol. The number of nitrogens with zero attached hydrogens (tertiary/aromatic N) is 1. The molecule has 5 aliphatic heterocycles. The van der Waals surface area contributed by atoms with Crippen LogP contribution in [-0.2, 0) is 57.0 Å². The van der Waals surface area contributed by atoms with Crippen molar-refractivity contribution in [1.82, 2.24) is 4.90 Å². The first-order chi connectivity index (χ1) is 27.1. The lowest BCUT2D eigenvalue weighted by Crippen LogP contribution is -2.59. The van der Waals surface area contributed by atoms with Crippen molar-refractivity contribution in [1.29, 1.82) is 0 Å². The summed E-state index contributed by atoms with van der Waals surface area (Å²) >= 11 is 0. The van der Waals surface area contributed by atoms with Crippen LogP contribution in [0, 0.1) is 29.6 Å². The van der Waals surface area contributed by atoms with Gasteiger partial charge >= 0.3 is 5.97 Å². The number of allylic oxidation sites excluding steroid dienone is 3. The Morgan fingerprint density at radius 1 is 0.965 bits per heavy atom. The van der Waals surface area contributed by atoms with Crippen molar-refractivity contribution in [3.05, 3.63) is 36.0 Å². The smallest absolute Gasteiger partial charge is 0.308 e. The van der Waals surface area contributed by atoms with Crippen LogP contribution in [0.25, 0.3) is 0 Å². The van der Waals surface area contributed by atoms with Gasteiger partial charge in [-0.05, 0) is 59.2 Å². The lowest BCUT2D eigenvalue weighted by atomic mass is 9.73. The Morgan fingerprint density at radius 3 is 2.33 bits per heavy atom. The summed E-state index contributed by atoms with van der Waals surface area (Å²) in [5.41, 5.74) is 1.40. The number of ether oxygens (including phenoxy) is 9. The van der Waals surface area contributed by atoms with Crippen LogP contribution in [0.1, 0.15) is 60.3 Å². The van der Waals surface area contributed by atoms with Gasteiger partial charge in [-0.3, -0.25) is 9.59 Å². The molecule has 0 amide bonds. The van der Waals surface area contributed by atoms with Crippen LogP contribution in [0.5, 0.6) is 0 Å². The largest absolute Gasteiger partial charge is 0.462 e. The first-order valence-corrected chi connectivity index (χ1v) is 20.3. The van der Waals surface area contributed by atoms with Crippen molar-refractivity contribution < 1.29 is 67.2 Å². The van der Waals surface area contributed by atoms with Gasteiger partial charge in [-0.25, -0.2) is 0 Å². The number of esters is 1. The third-order valence-corrected chi connectivity index (χ3v) is 12.3. The lowest BCUT2D eigenvalue weighted by Gasteiger charge is -2.43. The van der Waals surface area contributed by atoms with E-state index < -0.39 is 109 Å². The van der Waals surface area contributed by atoms with Crippen LogP contribution in [0.15, 0.2) is 36.0 Å². The molecule has 4 saturated heterocycles. The second-order valence-corrected chi connectivity index (χ2v) is 16.7. The number of hydrogen-bond acceptors (Lipinski definition) is 15. The van der Waals surface area contributed by atoms with Gasteiger partial charge in [0.15, 0.2) is 24.7 Å². The molecule has 15 nitrogen and oxygen atoms in total. The highest BCUT2D eigenvalue weighted by atomic mass is 16.8. The number of rotatable bonds is 10. The van der Waals surface area contributed by atoms with E-state index in [2.05, 4.69) is 6.58 Å². The summed E-state index contributed by atoms with van der Waals surface area (Å²) in [6.07, 6.45) is -2.29. The minimum absolute atomic E-state index is 0.0507. The Kier molecular flexibility index (Phi) is 16.2. The molecule has 18 atom stereocenters. The molecule has 0 aliphatic carbocycles. The number of carbonyl (C=O) groups is 3. The predicted octanol–water partition coefficient (Wildman–Crippen LogP) is 2.75. The van der Waals surface area contributed by atoms with Gasteiger partial charge in [0.05, 0.1) is 44.0 Å². The van der Waals surface area contributed by atoms with E-state index >= 15 is 0 Å². The summed E-state index contributed by atoms with van der Waals surface area (Å²) in [6, 6.07) is -0.403. The zero-order chi connectivity index (χ0) is 41.7. The highest BCUT2D eigenvalue weighted by Gasteiger charge is 2.59. The molecule has 5 heterocycles. The number of fused-ring (bicyclic) bond motifs is 4. The molecule has 0 aromatic rings. The quantitative estimate of drug-likeness (QED) is 0.142. The van der Waals surface area contributed by atoms with Crippen LogP contribution in [0.2, 0.25) is 0 Å². The van der Waals surface area contributed by atoms with E-state index in [-0.39, 0.29) is 44.4 Å². The molecule has 5 rings (SSSR count). The van der Waals surface area contributed by atoms with Crippen molar-refractivity contribution in [2.75, 3.05) is 41.5 Å². The van der Waals surface area contributed by atoms with Crippen LogP contribution in [0.3, 0.4) is 0 Å². The molecule has 4 fully saturated rings. The number of likely N-dealkylation sites (N-methyl/N-ethyl adjacent to an activating group) is 1. The maximum atomic E-state index is 14.0. The first kappa shape index (κ1) is 45.7. The molecule has 6 unspecified atom stereocenters. The van der Waals surface area contributed by atoms with Crippen LogP contribution in [0.4, 0.5) is 0 Å². The van der Waals surface area contributed by atoms with Gasteiger partial charge in [0, 0.05) is 37.9 Å². The topological polar surface area (TPSA) is 181 Å². The molecule has 0 aromatic heterocycles. The maximum Gasteiger partial charge on any atom is 0.308 e. The molecule has 0 radical (unpaired) electrons. The molecule has 2 N–H and O–H groups in total. The summed E-state index contributed by atoms with van der Waals surface area (Å²) in [6.45, 7) is 13.5. The second-order valence-electron chi connectivity index (χ2n) is 16.7. The third kappa shape index (κ3) is 10.9. The first-order valence-electron chi connectivity index (χ1n) is 20.3. The van der Waals surface area contributed by atoms with E-state index in [9.17, 15) is 24.6 Å². The lowest BCUT2D eigenvalue weighted by molar-refractivity contribution is -0.304. The molecule has 0 aromatic carbocycles. The minimum Gasteiger partial charge on any atom is -0.462 e. The van der Waals surface area contributed by atoms with Gasteiger partial charge in [-0.15, -0.1) is 0 Å². The number of hydrogen-bond donors (Lipinski definition) is 2. The number of epoxide rings is 1. The molecule has 0 spiro atoms. The van der Waals surface area contributed by atoms with Gasteiger partial charge in [0.25, 0.3) is 0 Å². The summed E-state index contributed by atoms with van der Waals surface area (Å²) in [4.78, 5) is 42.7. The fourth-order valence-corrected chi connectivity index (χ4v) is 8.85. The van der Waals surface area contributed by atoms with E-state index in [1.54, 1.807) is 13.0 Å². The monoisotopic (exact) mass is 807 g/mol. The van der Waals surface area contributed by atoms with Gasteiger partial charge in [-0.2, -0.15) is 0 Å². The molecule has 15 heteroatoms. The molecule has 0 saturated carbocycles. The highest BCUT2D eigenvalue weighted by molar-refractivity contribution is 5.91. The van der Waals surface area contributed by atoms with Gasteiger partial charge in [-0.1, -0.05) is 50.6 Å². The van der Waals surface area contributed by atoms with Crippen molar-refractivity contribution in [2.24, 2.45) is 29.6 Å². The number of aliphatic hydroxyl groups is 2. The molecular formula is C42H65NO14. The third-order valence-electron chi connectivity index (χ3n) is 12.3. The Hall–Kier alpha value is -2.41. The fourth-order valence-electron chi connectivity index (χ4n) is 8.85. The van der Waals surface area contributed by atoms with Crippen molar-refractivity contribution >= 4 is 18.0 Å². The average Bonchev–Trinajstić information content (AvgIpc) is 3.94. The van der Waals surface area contributed by atoms with Gasteiger partial charge in [0.2, 0.25) is 0 Å². The average molecular weight is 808 g/mol. The van der Waals surface area contributed by atoms with Gasteiger partial charge < -0.3 is 62.5 Å². The maximum absolute atomic E-state index is 14.0. The Labute approximate surface area is 336 Å². The Bertz CT molecular complexity index is 1450. The van der Waals surface area contributed by atoms with E-state index in [4.69, 9.17) is 42.6 Å². The standard InChI is InChI=1S/C42H65NO14/c1-11-30-27(20-52-41-39(50-10)38(49-9)34(47)25(6)53-41)14-21(2)12-13-29(45)23(4)16-28-26(18-44)15-22(3)19-51-31(17-32(46)54-30)24(5)36(28)55-40-35(48)33(43(7)8)37-42(56-37)57-40/h12-14,18,23-28,30-31,33-42,47-48H,3,11,15-17,19-20H2,1-2,4-10H3/b13-12+,21-14+/t23-,24+,25?,26?,27-,28-,30-,31-,33?,34-,35?,36-,37+,38+,39?,40-,41-,42?/m1/s1. The number of aldehydes is 1. The number of aliphatic hydroxyl groups excluding tert-OH is 2. The Morgan fingerprint density at radius 2 is 1.68 bits per heavy atom. The van der Waals surface area contributed by atoms with E-state index in [0.717, 1.165) is 11.9 Å². The van der Waals surface area contributed by atoms with Crippen LogP contribution in [-0.4, -0.2) is 155 Å². The van der Waals surface area contributed by atoms with Crippen LogP contribution >= 0.6 is 0 Å².